The number of hydrogen-bond acceptors (Lipinski definition) is 2. The minimum absolute atomic E-state index is 0.104. The Morgan fingerprint density at radius 1 is 1.05 bits per heavy atom. The summed E-state index contributed by atoms with van der Waals surface area (Å²) in [4.78, 5) is 14.1. The van der Waals surface area contributed by atoms with Gasteiger partial charge in [-0.15, -0.1) is 0 Å². The summed E-state index contributed by atoms with van der Waals surface area (Å²) in [6.45, 7) is 6.33. The fourth-order valence-corrected chi connectivity index (χ4v) is 2.51. The van der Waals surface area contributed by atoms with Gasteiger partial charge in [0.15, 0.2) is 0 Å². The summed E-state index contributed by atoms with van der Waals surface area (Å²) in [7, 11) is 0. The molecule has 1 rings (SSSR count). The van der Waals surface area contributed by atoms with Gasteiger partial charge in [0.05, 0.1) is 27.3 Å². The van der Waals surface area contributed by atoms with Gasteiger partial charge in [0.1, 0.15) is 0 Å². The van der Waals surface area contributed by atoms with Crippen LogP contribution in [0.25, 0.3) is 0 Å². The lowest BCUT2D eigenvalue weighted by molar-refractivity contribution is -0.117. The molecule has 0 saturated carbocycles. The number of rotatable bonds is 7. The van der Waals surface area contributed by atoms with Crippen molar-refractivity contribution >= 4 is 46.4 Å². The minimum atomic E-state index is -0.104. The molecule has 0 atom stereocenters. The molecule has 0 aliphatic rings. The van der Waals surface area contributed by atoms with Gasteiger partial charge in [-0.3, -0.25) is 9.69 Å². The first kappa shape index (κ1) is 17.6. The average molecular weight is 338 g/mol. The third kappa shape index (κ3) is 5.49. The SMILES string of the molecule is CCCN(CCC)CC(=O)Nc1cc(Cl)c(Cl)cc1Cl. The van der Waals surface area contributed by atoms with Crippen LogP contribution in [0.4, 0.5) is 5.69 Å². The standard InChI is InChI=1S/C14H19Cl3N2O/c1-3-5-19(6-4-2)9-14(20)18-13-8-11(16)10(15)7-12(13)17/h7-8H,3-6,9H2,1-2H3,(H,18,20). The summed E-state index contributed by atoms with van der Waals surface area (Å²) < 4.78 is 0. The maximum Gasteiger partial charge on any atom is 0.238 e. The quantitative estimate of drug-likeness (QED) is 0.731. The van der Waals surface area contributed by atoms with Crippen LogP contribution in [0, 0.1) is 0 Å². The molecule has 0 aliphatic heterocycles. The maximum absolute atomic E-state index is 12.0. The highest BCUT2D eigenvalue weighted by atomic mass is 35.5. The van der Waals surface area contributed by atoms with E-state index in [0.29, 0.717) is 27.3 Å². The zero-order valence-electron chi connectivity index (χ0n) is 11.7. The summed E-state index contributed by atoms with van der Waals surface area (Å²) in [6.07, 6.45) is 2.03. The Hall–Kier alpha value is -0.480. The molecule has 0 fully saturated rings. The Morgan fingerprint density at radius 2 is 1.60 bits per heavy atom. The van der Waals surface area contributed by atoms with Crippen molar-refractivity contribution in [3.8, 4) is 0 Å². The van der Waals surface area contributed by atoms with Gasteiger partial charge in [-0.2, -0.15) is 0 Å². The molecule has 1 amide bonds. The number of halogens is 3. The largest absolute Gasteiger partial charge is 0.324 e. The first-order chi connectivity index (χ1) is 9.47. The van der Waals surface area contributed by atoms with E-state index in [1.165, 1.54) is 6.07 Å². The molecular weight excluding hydrogens is 319 g/mol. The average Bonchev–Trinajstić information content (AvgIpc) is 2.36. The number of nitrogens with one attached hydrogen (secondary N) is 1. The van der Waals surface area contributed by atoms with Crippen molar-refractivity contribution in [2.24, 2.45) is 0 Å². The molecular formula is C14H19Cl3N2O. The van der Waals surface area contributed by atoms with Gasteiger partial charge in [0, 0.05) is 0 Å². The molecule has 0 heterocycles. The number of carbonyl (C=O) groups excluding carboxylic acids is 1. The predicted molar refractivity (Wildman–Crippen MR) is 87.1 cm³/mol. The van der Waals surface area contributed by atoms with E-state index in [4.69, 9.17) is 34.8 Å². The number of hydrogen-bond donors (Lipinski definition) is 1. The van der Waals surface area contributed by atoms with E-state index in [1.807, 2.05) is 0 Å². The Balaban J connectivity index is 2.68. The molecule has 6 heteroatoms. The van der Waals surface area contributed by atoms with Crippen molar-refractivity contribution in [3.05, 3.63) is 27.2 Å². The molecule has 0 spiro atoms. The van der Waals surface area contributed by atoms with Crippen molar-refractivity contribution in [1.82, 2.24) is 4.90 Å². The van der Waals surface area contributed by atoms with Crippen molar-refractivity contribution in [2.45, 2.75) is 26.7 Å². The van der Waals surface area contributed by atoms with E-state index in [0.717, 1.165) is 25.9 Å². The van der Waals surface area contributed by atoms with Crippen molar-refractivity contribution < 1.29 is 4.79 Å². The lowest BCUT2D eigenvalue weighted by Gasteiger charge is -2.20. The van der Waals surface area contributed by atoms with Crippen molar-refractivity contribution in [3.63, 3.8) is 0 Å². The Morgan fingerprint density at radius 3 is 2.15 bits per heavy atom. The van der Waals surface area contributed by atoms with Crippen LogP contribution in [0.15, 0.2) is 12.1 Å². The molecule has 0 aliphatic carbocycles. The van der Waals surface area contributed by atoms with Gasteiger partial charge in [0.2, 0.25) is 5.91 Å². The molecule has 112 valence electrons. The van der Waals surface area contributed by atoms with E-state index in [2.05, 4.69) is 24.1 Å². The van der Waals surface area contributed by atoms with E-state index in [9.17, 15) is 4.79 Å². The fraction of sp³-hybridized carbons (Fsp3) is 0.500. The van der Waals surface area contributed by atoms with Gasteiger partial charge >= 0.3 is 0 Å². The van der Waals surface area contributed by atoms with E-state index >= 15 is 0 Å². The number of nitrogens with zero attached hydrogens (tertiary/aromatic N) is 1. The van der Waals surface area contributed by atoms with E-state index < -0.39 is 0 Å². The van der Waals surface area contributed by atoms with E-state index in [1.54, 1.807) is 6.07 Å². The maximum atomic E-state index is 12.0. The van der Waals surface area contributed by atoms with Crippen LogP contribution < -0.4 is 5.32 Å². The summed E-state index contributed by atoms with van der Waals surface area (Å²) in [5.41, 5.74) is 0.485. The number of amides is 1. The Bertz CT molecular complexity index is 460. The van der Waals surface area contributed by atoms with Crippen LogP contribution in [-0.4, -0.2) is 30.4 Å². The molecule has 1 aromatic rings. The van der Waals surface area contributed by atoms with E-state index in [-0.39, 0.29) is 5.91 Å². The molecule has 1 N–H and O–H groups in total. The lowest BCUT2D eigenvalue weighted by atomic mass is 10.3. The van der Waals surface area contributed by atoms with Crippen LogP contribution in [0.2, 0.25) is 15.1 Å². The molecule has 0 saturated heterocycles. The van der Waals surface area contributed by atoms with Crippen LogP contribution in [-0.2, 0) is 4.79 Å². The van der Waals surface area contributed by atoms with Crippen molar-refractivity contribution in [2.75, 3.05) is 25.0 Å². The summed E-state index contributed by atoms with van der Waals surface area (Å²) in [5, 5.41) is 3.88. The third-order valence-electron chi connectivity index (χ3n) is 2.73. The second-order valence-electron chi connectivity index (χ2n) is 4.57. The smallest absolute Gasteiger partial charge is 0.238 e. The highest BCUT2D eigenvalue weighted by molar-refractivity contribution is 6.44. The zero-order valence-corrected chi connectivity index (χ0v) is 13.9. The fourth-order valence-electron chi connectivity index (χ4n) is 1.91. The molecule has 0 unspecified atom stereocenters. The molecule has 3 nitrogen and oxygen atoms in total. The van der Waals surface area contributed by atoms with Crippen LogP contribution >= 0.6 is 34.8 Å². The monoisotopic (exact) mass is 336 g/mol. The van der Waals surface area contributed by atoms with Gasteiger partial charge in [-0.1, -0.05) is 48.7 Å². The molecule has 1 aromatic carbocycles. The molecule has 0 aromatic heterocycles. The first-order valence-corrected chi connectivity index (χ1v) is 7.78. The zero-order chi connectivity index (χ0) is 15.1. The highest BCUT2D eigenvalue weighted by Gasteiger charge is 2.12. The van der Waals surface area contributed by atoms with Crippen LogP contribution in [0.1, 0.15) is 26.7 Å². The van der Waals surface area contributed by atoms with Gasteiger partial charge in [0.25, 0.3) is 0 Å². The molecule has 20 heavy (non-hydrogen) atoms. The van der Waals surface area contributed by atoms with Crippen LogP contribution in [0.5, 0.6) is 0 Å². The second kappa shape index (κ2) is 8.73. The van der Waals surface area contributed by atoms with Crippen molar-refractivity contribution in [1.29, 1.82) is 0 Å². The topological polar surface area (TPSA) is 32.3 Å². The predicted octanol–water partition coefficient (Wildman–Crippen LogP) is 4.71. The third-order valence-corrected chi connectivity index (χ3v) is 3.77. The number of anilines is 1. The summed E-state index contributed by atoms with van der Waals surface area (Å²) in [5.74, 6) is -0.104. The molecule has 0 bridgehead atoms. The second-order valence-corrected chi connectivity index (χ2v) is 5.79. The minimum Gasteiger partial charge on any atom is -0.324 e. The highest BCUT2D eigenvalue weighted by Crippen LogP contribution is 2.32. The van der Waals surface area contributed by atoms with Gasteiger partial charge in [-0.25, -0.2) is 0 Å². The Labute approximate surface area is 135 Å². The number of carbonyl (C=O) groups is 1. The first-order valence-electron chi connectivity index (χ1n) is 6.64. The normalized spacial score (nSPS) is 10.9. The lowest BCUT2D eigenvalue weighted by Crippen LogP contribution is -2.34. The van der Waals surface area contributed by atoms with Crippen LogP contribution in [0.3, 0.4) is 0 Å². The summed E-state index contributed by atoms with van der Waals surface area (Å²) in [6, 6.07) is 3.09. The van der Waals surface area contributed by atoms with Gasteiger partial charge in [-0.05, 0) is 38.1 Å². The summed E-state index contributed by atoms with van der Waals surface area (Å²) >= 11 is 17.8. The number of benzene rings is 1. The van der Waals surface area contributed by atoms with Gasteiger partial charge < -0.3 is 5.32 Å². The molecule has 0 radical (unpaired) electrons. The Kier molecular flexibility index (Phi) is 7.67.